The van der Waals surface area contributed by atoms with Crippen molar-refractivity contribution >= 4 is 23.2 Å². The molecule has 25 heavy (non-hydrogen) atoms. The monoisotopic (exact) mass is 364 g/mol. The Bertz CT molecular complexity index is 826. The normalized spacial score (nSPS) is 18.1. The largest absolute Gasteiger partial charge is 0.322 e. The van der Waals surface area contributed by atoms with Crippen LogP contribution in [-0.4, -0.2) is 40.4 Å². The molecule has 1 aliphatic rings. The summed E-state index contributed by atoms with van der Waals surface area (Å²) in [4.78, 5) is 32.3. The van der Waals surface area contributed by atoms with Crippen molar-refractivity contribution < 1.29 is 9.18 Å². The quantitative estimate of drug-likeness (QED) is 0.873. The Kier molecular flexibility index (Phi) is 5.45. The standard InChI is InChI=1S/C17H18ClFN4O2/c18-12-3-4-14(13(19)6-12)22-17(25)9-23-5-1-2-11(8-23)15-7-16(24)21-10-20-15/h3-4,6-7,10-11H,1-2,5,8-9H2,(H,22,25)(H,20,21,24)/t11-/m1/s1. The van der Waals surface area contributed by atoms with Crippen molar-refractivity contribution in [2.75, 3.05) is 25.0 Å². The van der Waals surface area contributed by atoms with Crippen LogP contribution in [0.4, 0.5) is 10.1 Å². The second kappa shape index (κ2) is 7.76. The lowest BCUT2D eigenvalue weighted by atomic mass is 9.94. The van der Waals surface area contributed by atoms with Crippen molar-refractivity contribution in [3.63, 3.8) is 0 Å². The zero-order chi connectivity index (χ0) is 17.8. The first kappa shape index (κ1) is 17.6. The number of benzene rings is 1. The second-order valence-electron chi connectivity index (χ2n) is 6.08. The number of H-pyrrole nitrogens is 1. The van der Waals surface area contributed by atoms with E-state index < -0.39 is 5.82 Å². The van der Waals surface area contributed by atoms with Gasteiger partial charge >= 0.3 is 0 Å². The molecule has 1 amide bonds. The molecule has 6 nitrogen and oxygen atoms in total. The number of piperidine rings is 1. The highest BCUT2D eigenvalue weighted by Gasteiger charge is 2.24. The Morgan fingerprint density at radius 2 is 2.28 bits per heavy atom. The number of aromatic nitrogens is 2. The number of carbonyl (C=O) groups excluding carboxylic acids is 1. The molecule has 8 heteroatoms. The van der Waals surface area contributed by atoms with E-state index in [-0.39, 0.29) is 34.6 Å². The van der Waals surface area contributed by atoms with E-state index in [4.69, 9.17) is 11.6 Å². The molecule has 2 heterocycles. The minimum absolute atomic E-state index is 0.108. The minimum Gasteiger partial charge on any atom is -0.322 e. The maximum Gasteiger partial charge on any atom is 0.250 e. The zero-order valence-corrected chi connectivity index (χ0v) is 14.2. The summed E-state index contributed by atoms with van der Waals surface area (Å²) in [5.74, 6) is -0.748. The van der Waals surface area contributed by atoms with E-state index in [1.54, 1.807) is 0 Å². The summed E-state index contributed by atoms with van der Waals surface area (Å²) in [6.45, 7) is 1.56. The molecule has 3 rings (SSSR count). The molecule has 0 radical (unpaired) electrons. The third-order valence-electron chi connectivity index (χ3n) is 4.20. The van der Waals surface area contributed by atoms with E-state index in [0.29, 0.717) is 6.54 Å². The van der Waals surface area contributed by atoms with Crippen LogP contribution < -0.4 is 10.9 Å². The summed E-state index contributed by atoms with van der Waals surface area (Å²) in [5, 5.41) is 2.84. The number of hydrogen-bond donors (Lipinski definition) is 2. The summed E-state index contributed by atoms with van der Waals surface area (Å²) in [6, 6.07) is 5.62. The molecule has 1 aliphatic heterocycles. The Labute approximate surface area is 149 Å². The molecule has 1 aromatic heterocycles. The van der Waals surface area contributed by atoms with Gasteiger partial charge in [-0.05, 0) is 37.6 Å². The van der Waals surface area contributed by atoms with E-state index in [0.717, 1.165) is 31.1 Å². The highest BCUT2D eigenvalue weighted by molar-refractivity contribution is 6.30. The number of nitrogens with zero attached hydrogens (tertiary/aromatic N) is 2. The Hall–Kier alpha value is -2.25. The summed E-state index contributed by atoms with van der Waals surface area (Å²) in [7, 11) is 0. The van der Waals surface area contributed by atoms with Gasteiger partial charge in [-0.3, -0.25) is 14.5 Å². The molecule has 0 aliphatic carbocycles. The fourth-order valence-corrected chi connectivity index (χ4v) is 3.19. The molecular formula is C17H18ClFN4O2. The van der Waals surface area contributed by atoms with Crippen molar-refractivity contribution in [1.29, 1.82) is 0 Å². The summed E-state index contributed by atoms with van der Waals surface area (Å²) in [5.41, 5.74) is 0.662. The number of carbonyl (C=O) groups is 1. The van der Waals surface area contributed by atoms with Gasteiger partial charge in [0.25, 0.3) is 5.56 Å². The Morgan fingerprint density at radius 3 is 3.04 bits per heavy atom. The minimum atomic E-state index is -0.565. The number of rotatable bonds is 4. The van der Waals surface area contributed by atoms with Crippen LogP contribution in [0, 0.1) is 5.82 Å². The third kappa shape index (κ3) is 4.64. The lowest BCUT2D eigenvalue weighted by Gasteiger charge is -2.31. The maximum atomic E-state index is 13.8. The van der Waals surface area contributed by atoms with Gasteiger partial charge in [-0.25, -0.2) is 9.37 Å². The van der Waals surface area contributed by atoms with E-state index >= 15 is 0 Å². The predicted octanol–water partition coefficient (Wildman–Crippen LogP) is 2.38. The fraction of sp³-hybridized carbons (Fsp3) is 0.353. The van der Waals surface area contributed by atoms with Gasteiger partial charge in [-0.15, -0.1) is 0 Å². The van der Waals surface area contributed by atoms with Gasteiger partial charge in [0.05, 0.1) is 24.3 Å². The van der Waals surface area contributed by atoms with Gasteiger partial charge in [0.2, 0.25) is 5.91 Å². The number of nitrogens with one attached hydrogen (secondary N) is 2. The van der Waals surface area contributed by atoms with Crippen molar-refractivity contribution in [1.82, 2.24) is 14.9 Å². The zero-order valence-electron chi connectivity index (χ0n) is 13.5. The smallest absolute Gasteiger partial charge is 0.250 e. The SMILES string of the molecule is O=C(CN1CCC[C@@H](c2cc(=O)[nH]cn2)C1)Nc1ccc(Cl)cc1F. The Morgan fingerprint density at radius 1 is 1.44 bits per heavy atom. The molecule has 1 aromatic carbocycles. The first-order valence-corrected chi connectivity index (χ1v) is 8.41. The highest BCUT2D eigenvalue weighted by atomic mass is 35.5. The van der Waals surface area contributed by atoms with E-state index in [9.17, 15) is 14.0 Å². The van der Waals surface area contributed by atoms with Crippen LogP contribution in [0.25, 0.3) is 0 Å². The number of anilines is 1. The Balaban J connectivity index is 1.60. The fourth-order valence-electron chi connectivity index (χ4n) is 3.03. The van der Waals surface area contributed by atoms with Crippen LogP contribution >= 0.6 is 11.6 Å². The van der Waals surface area contributed by atoms with E-state index in [2.05, 4.69) is 15.3 Å². The predicted molar refractivity (Wildman–Crippen MR) is 93.3 cm³/mol. The summed E-state index contributed by atoms with van der Waals surface area (Å²) >= 11 is 5.70. The van der Waals surface area contributed by atoms with Crippen molar-refractivity contribution in [2.24, 2.45) is 0 Å². The van der Waals surface area contributed by atoms with E-state index in [1.165, 1.54) is 24.5 Å². The number of aromatic amines is 1. The molecule has 0 spiro atoms. The molecular weight excluding hydrogens is 347 g/mol. The van der Waals surface area contributed by atoms with Gasteiger partial charge < -0.3 is 10.3 Å². The number of hydrogen-bond acceptors (Lipinski definition) is 4. The lowest BCUT2D eigenvalue weighted by Crippen LogP contribution is -2.40. The number of amides is 1. The average Bonchev–Trinajstić information content (AvgIpc) is 2.58. The molecule has 132 valence electrons. The second-order valence-corrected chi connectivity index (χ2v) is 6.52. The first-order chi connectivity index (χ1) is 12.0. The van der Waals surface area contributed by atoms with Crippen molar-refractivity contribution in [2.45, 2.75) is 18.8 Å². The summed E-state index contributed by atoms with van der Waals surface area (Å²) < 4.78 is 13.8. The van der Waals surface area contributed by atoms with Crippen LogP contribution in [0.5, 0.6) is 0 Å². The van der Waals surface area contributed by atoms with E-state index in [1.807, 2.05) is 4.90 Å². The first-order valence-electron chi connectivity index (χ1n) is 8.03. The van der Waals surface area contributed by atoms with Crippen LogP contribution in [0.15, 0.2) is 35.4 Å². The molecule has 1 fully saturated rings. The van der Waals surface area contributed by atoms with Crippen molar-refractivity contribution in [3.05, 3.63) is 57.5 Å². The molecule has 0 bridgehead atoms. The molecule has 2 N–H and O–H groups in total. The van der Waals surface area contributed by atoms with Crippen LogP contribution in [0.2, 0.25) is 5.02 Å². The van der Waals surface area contributed by atoms with Crippen LogP contribution in [0.1, 0.15) is 24.5 Å². The molecule has 1 saturated heterocycles. The van der Waals surface area contributed by atoms with Gasteiger partial charge in [0.15, 0.2) is 0 Å². The summed E-state index contributed by atoms with van der Waals surface area (Å²) in [6.07, 6.45) is 3.22. The maximum absolute atomic E-state index is 13.8. The van der Waals surface area contributed by atoms with Crippen molar-refractivity contribution in [3.8, 4) is 0 Å². The molecule has 1 atom stereocenters. The van der Waals surface area contributed by atoms with Gasteiger partial charge in [-0.2, -0.15) is 0 Å². The van der Waals surface area contributed by atoms with Crippen LogP contribution in [0.3, 0.4) is 0 Å². The van der Waals surface area contributed by atoms with Gasteiger partial charge in [-0.1, -0.05) is 11.6 Å². The molecule has 0 unspecified atom stereocenters. The third-order valence-corrected chi connectivity index (χ3v) is 4.43. The van der Waals surface area contributed by atoms with Gasteiger partial charge in [0.1, 0.15) is 5.82 Å². The number of likely N-dealkylation sites (tertiary alicyclic amines) is 1. The lowest BCUT2D eigenvalue weighted by molar-refractivity contribution is -0.117. The van der Waals surface area contributed by atoms with Crippen LogP contribution in [-0.2, 0) is 4.79 Å². The topological polar surface area (TPSA) is 78.1 Å². The number of halogens is 2. The average molecular weight is 365 g/mol. The molecule has 2 aromatic rings. The van der Waals surface area contributed by atoms with Gasteiger partial charge in [0, 0.05) is 23.6 Å². The highest BCUT2D eigenvalue weighted by Crippen LogP contribution is 2.24. The molecule has 0 saturated carbocycles.